The molecule has 22 heavy (non-hydrogen) atoms. The summed E-state index contributed by atoms with van der Waals surface area (Å²) in [6.07, 6.45) is -4.58. The molecule has 0 fully saturated rings. The number of rotatable bonds is 1. The van der Waals surface area contributed by atoms with Crippen molar-refractivity contribution in [2.75, 3.05) is 0 Å². The Hall–Kier alpha value is -2.34. The third-order valence-corrected chi connectivity index (χ3v) is 3.58. The van der Waals surface area contributed by atoms with Crippen LogP contribution in [0.15, 0.2) is 42.5 Å². The Morgan fingerprint density at radius 2 is 1.68 bits per heavy atom. The Morgan fingerprint density at radius 3 is 2.27 bits per heavy atom. The topological polar surface area (TPSA) is 43.1 Å². The molecule has 3 rings (SSSR count). The minimum Gasteiger partial charge on any atom is -0.618 e. The molecule has 2 aromatic rings. The zero-order valence-electron chi connectivity index (χ0n) is 10.8. The molecule has 0 saturated carbocycles. The Morgan fingerprint density at radius 1 is 1.05 bits per heavy atom. The van der Waals surface area contributed by atoms with E-state index < -0.39 is 17.5 Å². The predicted octanol–water partition coefficient (Wildman–Crippen LogP) is 4.19. The van der Waals surface area contributed by atoms with Crippen LogP contribution < -0.4 is 0 Å². The molecule has 7 heteroatoms. The van der Waals surface area contributed by atoms with Crippen molar-refractivity contribution in [1.29, 1.82) is 0 Å². The van der Waals surface area contributed by atoms with Gasteiger partial charge in [-0.25, -0.2) is 0 Å². The highest BCUT2D eigenvalue weighted by molar-refractivity contribution is 6.52. The largest absolute Gasteiger partial charge is 0.618 e. The van der Waals surface area contributed by atoms with Crippen molar-refractivity contribution in [3.8, 4) is 0 Å². The molecule has 2 aromatic carbocycles. The summed E-state index contributed by atoms with van der Waals surface area (Å²) in [6.45, 7) is 0. The number of carbonyl (C=O) groups is 1. The van der Waals surface area contributed by atoms with Crippen LogP contribution in [0.4, 0.5) is 18.9 Å². The second-order valence-electron chi connectivity index (χ2n) is 4.71. The van der Waals surface area contributed by atoms with E-state index in [0.717, 1.165) is 12.1 Å². The standard InChI is InChI=1S/C15H7ClF3NO2/c16-10-4-1-8(2-5-10)13-14(21)11-7-9(15(17,18)19)3-6-12(11)20(13)22/h1-7H. The van der Waals surface area contributed by atoms with E-state index in [9.17, 15) is 23.2 Å². The molecule has 1 aliphatic heterocycles. The van der Waals surface area contributed by atoms with E-state index in [1.54, 1.807) is 0 Å². The lowest BCUT2D eigenvalue weighted by molar-refractivity contribution is -0.355. The summed E-state index contributed by atoms with van der Waals surface area (Å²) in [5, 5.41) is 12.6. The third-order valence-electron chi connectivity index (χ3n) is 3.32. The fraction of sp³-hybridized carbons (Fsp3) is 0.0667. The second-order valence-corrected chi connectivity index (χ2v) is 5.15. The maximum Gasteiger partial charge on any atom is 0.416 e. The monoisotopic (exact) mass is 325 g/mol. The molecule has 0 radical (unpaired) electrons. The normalized spacial score (nSPS) is 14.5. The number of benzene rings is 2. The van der Waals surface area contributed by atoms with E-state index >= 15 is 0 Å². The number of halogens is 4. The molecular weight excluding hydrogens is 319 g/mol. The van der Waals surface area contributed by atoms with Crippen molar-refractivity contribution >= 4 is 28.8 Å². The van der Waals surface area contributed by atoms with Gasteiger partial charge in [-0.1, -0.05) is 11.6 Å². The lowest BCUT2D eigenvalue weighted by Gasteiger charge is -2.06. The van der Waals surface area contributed by atoms with Crippen LogP contribution in [0.3, 0.4) is 0 Å². The number of hydrogen-bond acceptors (Lipinski definition) is 2. The average molecular weight is 326 g/mol. The predicted molar refractivity (Wildman–Crippen MR) is 74.6 cm³/mol. The average Bonchev–Trinajstić information content (AvgIpc) is 2.71. The third kappa shape index (κ3) is 2.25. The summed E-state index contributed by atoms with van der Waals surface area (Å²) < 4.78 is 38.5. The van der Waals surface area contributed by atoms with Gasteiger partial charge >= 0.3 is 6.18 Å². The molecule has 0 unspecified atom stereocenters. The van der Waals surface area contributed by atoms with Gasteiger partial charge in [-0.05, 0) is 36.4 Å². The summed E-state index contributed by atoms with van der Waals surface area (Å²) in [6, 6.07) is 8.41. The number of alkyl halides is 3. The molecule has 0 atom stereocenters. The van der Waals surface area contributed by atoms with Crippen LogP contribution in [0.25, 0.3) is 0 Å². The van der Waals surface area contributed by atoms with Crippen molar-refractivity contribution in [2.24, 2.45) is 0 Å². The van der Waals surface area contributed by atoms with Crippen LogP contribution in [-0.2, 0) is 6.18 Å². The van der Waals surface area contributed by atoms with E-state index in [1.807, 2.05) is 0 Å². The molecule has 3 nitrogen and oxygen atoms in total. The summed E-state index contributed by atoms with van der Waals surface area (Å²) in [4.78, 5) is 12.3. The first-order chi connectivity index (χ1) is 10.3. The molecule has 0 aliphatic carbocycles. The molecule has 0 amide bonds. The van der Waals surface area contributed by atoms with Crippen LogP contribution in [-0.4, -0.2) is 16.2 Å². The van der Waals surface area contributed by atoms with E-state index in [0.29, 0.717) is 21.4 Å². The van der Waals surface area contributed by atoms with Gasteiger partial charge in [0.15, 0.2) is 0 Å². The molecule has 112 valence electrons. The highest BCUT2D eigenvalue weighted by Crippen LogP contribution is 2.35. The minimum absolute atomic E-state index is 0.0945. The first-order valence-corrected chi connectivity index (χ1v) is 6.53. The first kappa shape index (κ1) is 14.6. The quantitative estimate of drug-likeness (QED) is 0.583. The maximum absolute atomic E-state index is 12.7. The number of hydrogen-bond donors (Lipinski definition) is 0. The van der Waals surface area contributed by atoms with Crippen molar-refractivity contribution in [2.45, 2.75) is 6.18 Å². The summed E-state index contributed by atoms with van der Waals surface area (Å²) >= 11 is 5.74. The number of ketones is 1. The molecule has 1 aliphatic rings. The SMILES string of the molecule is O=C1C(c2ccc(Cl)cc2)=[N+]([O-])c2ccc(C(F)(F)F)cc21. The smallest absolute Gasteiger partial charge is 0.416 e. The summed E-state index contributed by atoms with van der Waals surface area (Å²) in [5.74, 6) is -0.738. The van der Waals surface area contributed by atoms with Crippen molar-refractivity contribution < 1.29 is 22.7 Å². The van der Waals surface area contributed by atoms with Crippen molar-refractivity contribution in [3.63, 3.8) is 0 Å². The number of Topliss-reactive ketones (excluding diaryl/α,β-unsaturated/α-hetero) is 1. The highest BCUT2D eigenvalue weighted by atomic mass is 35.5. The molecule has 0 N–H and O–H groups in total. The Labute approximate surface area is 127 Å². The fourth-order valence-corrected chi connectivity index (χ4v) is 2.39. The Kier molecular flexibility index (Phi) is 3.21. The van der Waals surface area contributed by atoms with E-state index in [4.69, 9.17) is 11.6 Å². The summed E-state index contributed by atoms with van der Waals surface area (Å²) in [7, 11) is 0. The van der Waals surface area contributed by atoms with Crippen LogP contribution >= 0.6 is 11.6 Å². The number of nitrogens with zero attached hydrogens (tertiary/aromatic N) is 1. The zero-order chi connectivity index (χ0) is 16.1. The van der Waals surface area contributed by atoms with Gasteiger partial charge in [-0.2, -0.15) is 17.9 Å². The zero-order valence-corrected chi connectivity index (χ0v) is 11.6. The van der Waals surface area contributed by atoms with Crippen molar-refractivity contribution in [3.05, 3.63) is 69.4 Å². The molecule has 0 spiro atoms. The minimum atomic E-state index is -4.58. The number of fused-ring (bicyclic) bond motifs is 1. The molecular formula is C15H7ClF3NO2. The molecule has 0 aromatic heterocycles. The Bertz CT molecular complexity index is 811. The number of carbonyl (C=O) groups excluding carboxylic acids is 1. The van der Waals surface area contributed by atoms with Gasteiger partial charge in [0.25, 0.3) is 11.5 Å². The van der Waals surface area contributed by atoms with Gasteiger partial charge in [-0.3, -0.25) is 4.79 Å². The van der Waals surface area contributed by atoms with Crippen LogP contribution in [0.1, 0.15) is 21.5 Å². The lowest BCUT2D eigenvalue weighted by atomic mass is 10.0. The van der Waals surface area contributed by atoms with Gasteiger partial charge < -0.3 is 5.21 Å². The van der Waals surface area contributed by atoms with Gasteiger partial charge in [0.1, 0.15) is 5.56 Å². The molecule has 1 heterocycles. The highest BCUT2D eigenvalue weighted by Gasteiger charge is 2.39. The molecule has 0 saturated heterocycles. The summed E-state index contributed by atoms with van der Waals surface area (Å²) in [5.41, 5.74) is -1.23. The van der Waals surface area contributed by atoms with Gasteiger partial charge in [0, 0.05) is 11.1 Å². The van der Waals surface area contributed by atoms with Gasteiger partial charge in [0.05, 0.1) is 11.1 Å². The van der Waals surface area contributed by atoms with Gasteiger partial charge in [0.2, 0.25) is 5.69 Å². The fourth-order valence-electron chi connectivity index (χ4n) is 2.27. The Balaban J connectivity index is 2.11. The first-order valence-electron chi connectivity index (χ1n) is 6.15. The van der Waals surface area contributed by atoms with Crippen LogP contribution in [0.2, 0.25) is 5.02 Å². The second kappa shape index (κ2) is 4.84. The van der Waals surface area contributed by atoms with E-state index in [-0.39, 0.29) is 17.0 Å². The molecule has 0 bridgehead atoms. The van der Waals surface area contributed by atoms with Crippen LogP contribution in [0, 0.1) is 5.21 Å². The van der Waals surface area contributed by atoms with Crippen LogP contribution in [0.5, 0.6) is 0 Å². The van der Waals surface area contributed by atoms with E-state index in [1.165, 1.54) is 24.3 Å². The lowest BCUT2D eigenvalue weighted by Crippen LogP contribution is -2.16. The van der Waals surface area contributed by atoms with E-state index in [2.05, 4.69) is 0 Å². The van der Waals surface area contributed by atoms with Gasteiger partial charge in [-0.15, -0.1) is 0 Å². The maximum atomic E-state index is 12.7. The van der Waals surface area contributed by atoms with Crippen molar-refractivity contribution in [1.82, 2.24) is 0 Å².